The van der Waals surface area contributed by atoms with Crippen molar-refractivity contribution in [1.29, 1.82) is 0 Å². The number of rotatable bonds is 4. The van der Waals surface area contributed by atoms with Gasteiger partial charge in [0.2, 0.25) is 11.1 Å². The molecule has 0 amide bonds. The van der Waals surface area contributed by atoms with Crippen LogP contribution in [0, 0.1) is 17.0 Å². The summed E-state index contributed by atoms with van der Waals surface area (Å²) in [6.45, 7) is 1.73. The summed E-state index contributed by atoms with van der Waals surface area (Å²) in [5.74, 6) is 0.317. The van der Waals surface area contributed by atoms with E-state index in [0.717, 1.165) is 5.56 Å². The van der Waals surface area contributed by atoms with E-state index in [9.17, 15) is 14.9 Å². The van der Waals surface area contributed by atoms with Gasteiger partial charge in [0.05, 0.1) is 17.1 Å². The zero-order chi connectivity index (χ0) is 21.5. The molecule has 0 atom stereocenters. The second kappa shape index (κ2) is 7.10. The third-order valence-electron chi connectivity index (χ3n) is 4.96. The summed E-state index contributed by atoms with van der Waals surface area (Å²) >= 11 is 0. The molecule has 0 saturated carbocycles. The molecule has 152 valence electrons. The average Bonchev–Trinajstić information content (AvgIpc) is 3.12. The fourth-order valence-electron chi connectivity index (χ4n) is 3.60. The second-order valence-electron chi connectivity index (χ2n) is 6.91. The summed E-state index contributed by atoms with van der Waals surface area (Å²) in [6, 6.07) is 19.0. The fourth-order valence-corrected chi connectivity index (χ4v) is 3.60. The molecule has 31 heavy (non-hydrogen) atoms. The molecule has 3 heterocycles. The van der Waals surface area contributed by atoms with E-state index in [1.807, 2.05) is 30.3 Å². The van der Waals surface area contributed by atoms with Gasteiger partial charge in [-0.2, -0.15) is 9.38 Å². The average molecular weight is 413 g/mol. The third-order valence-corrected chi connectivity index (χ3v) is 4.96. The predicted molar refractivity (Wildman–Crippen MR) is 115 cm³/mol. The normalized spacial score (nSPS) is 11.1. The number of benzene rings is 2. The van der Waals surface area contributed by atoms with Gasteiger partial charge < -0.3 is 19.3 Å². The topological polar surface area (TPSA) is 99.9 Å². The Balaban J connectivity index is 1.61. The lowest BCUT2D eigenvalue weighted by atomic mass is 10.0. The zero-order valence-electron chi connectivity index (χ0n) is 16.3. The van der Waals surface area contributed by atoms with E-state index in [1.54, 1.807) is 43.5 Å². The SMILES string of the molecule is Cc1oc2cc(Oc3nc4ccccn4c3[N+](=O)[O-])ccc2c(=O)c1-c1ccccc1. The van der Waals surface area contributed by atoms with Crippen LogP contribution in [0.15, 0.2) is 82.1 Å². The Bertz CT molecular complexity index is 1520. The number of nitro groups is 1. The van der Waals surface area contributed by atoms with Crippen molar-refractivity contribution < 1.29 is 14.1 Å². The van der Waals surface area contributed by atoms with E-state index in [-0.39, 0.29) is 22.9 Å². The molecule has 0 radical (unpaired) electrons. The Morgan fingerprint density at radius 3 is 2.61 bits per heavy atom. The molecule has 0 fully saturated rings. The summed E-state index contributed by atoms with van der Waals surface area (Å²) in [5.41, 5.74) is 1.83. The molecule has 0 bridgehead atoms. The van der Waals surface area contributed by atoms with Crippen LogP contribution in [0.4, 0.5) is 5.82 Å². The summed E-state index contributed by atoms with van der Waals surface area (Å²) in [4.78, 5) is 28.3. The minimum atomic E-state index is -0.549. The minimum Gasteiger partial charge on any atom is -0.460 e. The van der Waals surface area contributed by atoms with Crippen LogP contribution in [0.3, 0.4) is 0 Å². The molecular formula is C23H15N3O5. The number of fused-ring (bicyclic) bond motifs is 2. The number of pyridine rings is 1. The van der Waals surface area contributed by atoms with Crippen molar-refractivity contribution in [3.05, 3.63) is 99.0 Å². The first-order valence-electron chi connectivity index (χ1n) is 9.45. The standard InChI is InChI=1S/C23H15N3O5/c1-14-20(15-7-3-2-4-8-15)21(27)17-11-10-16(13-18(17)30-14)31-22-23(26(28)29)25-12-6-5-9-19(25)24-22/h2-13H,1H3. The van der Waals surface area contributed by atoms with Crippen molar-refractivity contribution in [2.45, 2.75) is 6.92 Å². The molecular weight excluding hydrogens is 398 g/mol. The van der Waals surface area contributed by atoms with Gasteiger partial charge in [-0.05, 0) is 35.6 Å². The highest BCUT2D eigenvalue weighted by Gasteiger charge is 2.25. The maximum Gasteiger partial charge on any atom is 0.392 e. The molecule has 0 N–H and O–H groups in total. The van der Waals surface area contributed by atoms with Crippen LogP contribution in [0.5, 0.6) is 11.6 Å². The number of hydrogen-bond acceptors (Lipinski definition) is 6. The second-order valence-corrected chi connectivity index (χ2v) is 6.91. The molecule has 5 rings (SSSR count). The predicted octanol–water partition coefficient (Wildman–Crippen LogP) is 5.12. The number of nitrogens with zero attached hydrogens (tertiary/aromatic N) is 3. The van der Waals surface area contributed by atoms with Crippen molar-refractivity contribution in [2.75, 3.05) is 0 Å². The molecule has 0 spiro atoms. The fraction of sp³-hybridized carbons (Fsp3) is 0.0435. The Kier molecular flexibility index (Phi) is 4.25. The molecule has 2 aromatic carbocycles. The first-order chi connectivity index (χ1) is 15.0. The minimum absolute atomic E-state index is 0.143. The van der Waals surface area contributed by atoms with Gasteiger partial charge in [-0.1, -0.05) is 36.4 Å². The van der Waals surface area contributed by atoms with E-state index in [2.05, 4.69) is 4.98 Å². The number of aromatic nitrogens is 2. The van der Waals surface area contributed by atoms with Crippen LogP contribution < -0.4 is 10.2 Å². The Hall–Kier alpha value is -4.46. The van der Waals surface area contributed by atoms with E-state index in [0.29, 0.717) is 27.9 Å². The van der Waals surface area contributed by atoms with Gasteiger partial charge in [0.1, 0.15) is 17.1 Å². The van der Waals surface area contributed by atoms with Crippen molar-refractivity contribution in [3.63, 3.8) is 0 Å². The highest BCUT2D eigenvalue weighted by Crippen LogP contribution is 2.33. The molecule has 8 nitrogen and oxygen atoms in total. The molecule has 8 heteroatoms. The lowest BCUT2D eigenvalue weighted by Crippen LogP contribution is -2.07. The molecule has 0 aliphatic heterocycles. The van der Waals surface area contributed by atoms with Crippen molar-refractivity contribution in [2.24, 2.45) is 0 Å². The monoisotopic (exact) mass is 413 g/mol. The highest BCUT2D eigenvalue weighted by atomic mass is 16.6. The van der Waals surface area contributed by atoms with Crippen LogP contribution in [-0.4, -0.2) is 14.3 Å². The maximum atomic E-state index is 13.1. The first-order valence-corrected chi connectivity index (χ1v) is 9.45. The molecule has 0 aliphatic carbocycles. The van der Waals surface area contributed by atoms with Crippen molar-refractivity contribution in [1.82, 2.24) is 9.38 Å². The molecule has 0 unspecified atom stereocenters. The summed E-state index contributed by atoms with van der Waals surface area (Å²) < 4.78 is 13.0. The lowest BCUT2D eigenvalue weighted by molar-refractivity contribution is -0.391. The van der Waals surface area contributed by atoms with Crippen LogP contribution in [0.1, 0.15) is 5.76 Å². The smallest absolute Gasteiger partial charge is 0.392 e. The van der Waals surface area contributed by atoms with E-state index >= 15 is 0 Å². The Morgan fingerprint density at radius 2 is 1.84 bits per heavy atom. The van der Waals surface area contributed by atoms with Crippen LogP contribution in [0.2, 0.25) is 0 Å². The molecule has 0 saturated heterocycles. The van der Waals surface area contributed by atoms with Gasteiger partial charge in [-0.25, -0.2) is 0 Å². The molecule has 5 aromatic rings. The summed E-state index contributed by atoms with van der Waals surface area (Å²) in [5, 5.41) is 12.0. The summed E-state index contributed by atoms with van der Waals surface area (Å²) in [6.07, 6.45) is 1.54. The zero-order valence-corrected chi connectivity index (χ0v) is 16.3. The van der Waals surface area contributed by atoms with Gasteiger partial charge in [0, 0.05) is 12.1 Å². The first kappa shape index (κ1) is 18.6. The number of hydrogen-bond donors (Lipinski definition) is 0. The highest BCUT2D eigenvalue weighted by molar-refractivity contribution is 5.83. The van der Waals surface area contributed by atoms with E-state index < -0.39 is 4.92 Å². The van der Waals surface area contributed by atoms with Gasteiger partial charge in [-0.3, -0.25) is 4.79 Å². The number of aryl methyl sites for hydroxylation is 1. The van der Waals surface area contributed by atoms with Gasteiger partial charge in [-0.15, -0.1) is 0 Å². The Labute approximate surface area is 175 Å². The number of imidazole rings is 1. The summed E-state index contributed by atoms with van der Waals surface area (Å²) in [7, 11) is 0. The van der Waals surface area contributed by atoms with Gasteiger partial charge in [0.15, 0.2) is 0 Å². The molecule has 0 aliphatic rings. The van der Waals surface area contributed by atoms with Gasteiger partial charge in [0.25, 0.3) is 0 Å². The van der Waals surface area contributed by atoms with Crippen molar-refractivity contribution in [3.8, 4) is 22.8 Å². The van der Waals surface area contributed by atoms with Crippen LogP contribution in [0.25, 0.3) is 27.7 Å². The Morgan fingerprint density at radius 1 is 1.06 bits per heavy atom. The van der Waals surface area contributed by atoms with Gasteiger partial charge >= 0.3 is 11.7 Å². The largest absolute Gasteiger partial charge is 0.460 e. The number of ether oxygens (including phenoxy) is 1. The van der Waals surface area contributed by atoms with Crippen LogP contribution >= 0.6 is 0 Å². The quantitative estimate of drug-likeness (QED) is 0.300. The van der Waals surface area contributed by atoms with Crippen molar-refractivity contribution >= 4 is 22.4 Å². The maximum absolute atomic E-state index is 13.1. The third kappa shape index (κ3) is 3.10. The van der Waals surface area contributed by atoms with E-state index in [1.165, 1.54) is 10.5 Å². The van der Waals surface area contributed by atoms with Crippen LogP contribution in [-0.2, 0) is 0 Å². The molecule has 3 aromatic heterocycles. The van der Waals surface area contributed by atoms with E-state index in [4.69, 9.17) is 9.15 Å². The lowest BCUT2D eigenvalue weighted by Gasteiger charge is -2.08.